The number of carboxylic acids is 1. The third-order valence-electron chi connectivity index (χ3n) is 12.5. The molecule has 2 aliphatic rings. The smallest absolute Gasteiger partial charge is 0.317 e. The molecule has 0 atom stereocenters. The number of nitrogen functional groups attached to an aromatic ring is 2. The Labute approximate surface area is 442 Å². The normalized spacial score (nSPS) is 13.4. The number of nitrogens with zero attached hydrogens (tertiary/aromatic N) is 10. The summed E-state index contributed by atoms with van der Waals surface area (Å²) in [6.45, 7) is 8.66. The molecule has 2 saturated carbocycles. The van der Waals surface area contributed by atoms with Gasteiger partial charge in [0.2, 0.25) is 0 Å². The largest absolute Gasteiger partial charge is 0.488 e. The third-order valence-corrected chi connectivity index (χ3v) is 14.0. The van der Waals surface area contributed by atoms with Gasteiger partial charge in [0.25, 0.3) is 5.82 Å². The van der Waals surface area contributed by atoms with Crippen LogP contribution in [0.2, 0.25) is 0 Å². The van der Waals surface area contributed by atoms with Crippen LogP contribution < -0.4 is 30.4 Å². The van der Waals surface area contributed by atoms with Crippen LogP contribution in [0.1, 0.15) is 84.3 Å². The van der Waals surface area contributed by atoms with Crippen molar-refractivity contribution < 1.29 is 28.8 Å². The highest BCUT2D eigenvalue weighted by Gasteiger charge is 2.28. The van der Waals surface area contributed by atoms with E-state index in [-0.39, 0.29) is 6.54 Å². The standard InChI is InChI=1S/C26H24N6O2S.C25H23N5O2S.C4H9NO2/c27-26-25-24(29-15-30-26)23(17-4-1-2-5-17)31-32(25)18-8-10-19(11-9-18)34-21-7-3-6-20(12-21)33-14-22-13-28-16-35-22;1-27-25-23(26)24(17-5-2-3-6-17)29-30(25)18-9-11-19(12-10-18)32-21-8-4-7-20(13-21)31-15-22-14-28-16-33-22;1-5(2)3-4(6)7/h3,6-13,15-17H,1-2,4-5,14H2,(H2,27,29,30);4,7-14,16-17H,2-3,5-6,15,26H2;3H2,1-2H3,(H,6,7). The summed E-state index contributed by atoms with van der Waals surface area (Å²) in [5.41, 5.74) is 21.8. The number of hydrogen-bond acceptors (Lipinski definition) is 16. The Bertz CT molecular complexity index is 3330. The number of fused-ring (bicyclic) bond motifs is 1. The highest BCUT2D eigenvalue weighted by atomic mass is 32.1. The molecule has 5 N–H and O–H groups in total. The summed E-state index contributed by atoms with van der Waals surface area (Å²) >= 11 is 3.13. The van der Waals surface area contributed by atoms with Crippen LogP contribution in [0.15, 0.2) is 127 Å². The van der Waals surface area contributed by atoms with Gasteiger partial charge in [-0.2, -0.15) is 9.78 Å². The molecule has 0 spiro atoms. The highest BCUT2D eigenvalue weighted by molar-refractivity contribution is 7.09. The summed E-state index contributed by atoms with van der Waals surface area (Å²) < 4.78 is 27.3. The second-order valence-corrected chi connectivity index (χ2v) is 20.1. The summed E-state index contributed by atoms with van der Waals surface area (Å²) in [6, 6.07) is 30.4. The van der Waals surface area contributed by atoms with E-state index in [1.54, 1.807) is 63.6 Å². The van der Waals surface area contributed by atoms with Crippen molar-refractivity contribution in [2.45, 2.75) is 76.4 Å². The van der Waals surface area contributed by atoms with Gasteiger partial charge in [-0.05, 0) is 113 Å². The fourth-order valence-corrected chi connectivity index (χ4v) is 9.94. The van der Waals surface area contributed by atoms with Crippen molar-refractivity contribution in [1.29, 1.82) is 0 Å². The van der Waals surface area contributed by atoms with Crippen molar-refractivity contribution in [2.24, 2.45) is 0 Å². The Morgan fingerprint density at radius 3 is 1.65 bits per heavy atom. The maximum atomic E-state index is 9.77. The molecular formula is C55H56N12O6S2. The number of hydrogen-bond donors (Lipinski definition) is 3. The van der Waals surface area contributed by atoms with Gasteiger partial charge in [0.05, 0.1) is 50.1 Å². The molecule has 18 nitrogen and oxygen atoms in total. The maximum absolute atomic E-state index is 9.77. The first-order chi connectivity index (χ1) is 36.6. The molecule has 384 valence electrons. The first-order valence-electron chi connectivity index (χ1n) is 24.5. The van der Waals surface area contributed by atoms with E-state index >= 15 is 0 Å². The molecule has 5 aromatic heterocycles. The molecule has 4 aromatic carbocycles. The molecule has 20 heteroatoms. The van der Waals surface area contributed by atoms with Gasteiger partial charge in [-0.1, -0.05) is 49.5 Å². The van der Waals surface area contributed by atoms with Gasteiger partial charge in [0.15, 0.2) is 5.82 Å². The van der Waals surface area contributed by atoms with Crippen LogP contribution in [-0.4, -0.2) is 76.1 Å². The molecule has 0 aliphatic heterocycles. The molecule has 75 heavy (non-hydrogen) atoms. The number of thiazole rings is 2. The predicted molar refractivity (Wildman–Crippen MR) is 290 cm³/mol. The van der Waals surface area contributed by atoms with Crippen molar-refractivity contribution in [1.82, 2.24) is 44.4 Å². The minimum atomic E-state index is -0.787. The fourth-order valence-electron chi connectivity index (χ4n) is 8.93. The van der Waals surface area contributed by atoms with E-state index < -0.39 is 5.97 Å². The highest BCUT2D eigenvalue weighted by Crippen LogP contribution is 2.41. The summed E-state index contributed by atoms with van der Waals surface area (Å²) in [7, 11) is 3.43. The SMILES string of the molecule is CN(C)CC(=O)O.Nc1ncnc2c(C3CCCC3)nn(-c3ccc(Oc4cccc(OCc5cncs5)c4)cc3)c12.[C-]#[N+]c1c(N)c(C2CCCC2)nn1-c1ccc(Oc2cccc(OCc3cncs3)c2)cc1. The van der Waals surface area contributed by atoms with E-state index in [2.05, 4.69) is 24.8 Å². The van der Waals surface area contributed by atoms with Crippen LogP contribution in [0, 0.1) is 6.57 Å². The van der Waals surface area contributed by atoms with Crippen LogP contribution in [0.3, 0.4) is 0 Å². The zero-order valence-corrected chi connectivity index (χ0v) is 43.1. The van der Waals surface area contributed by atoms with Crippen molar-refractivity contribution in [3.05, 3.63) is 159 Å². The lowest BCUT2D eigenvalue weighted by molar-refractivity contribution is -0.137. The first kappa shape index (κ1) is 51.5. The lowest BCUT2D eigenvalue weighted by atomic mass is 10.0. The Morgan fingerprint density at radius 1 is 0.693 bits per heavy atom. The number of likely N-dealkylation sites (N-methyl/N-ethyl adjacent to an activating group) is 1. The van der Waals surface area contributed by atoms with Crippen LogP contribution in [0.5, 0.6) is 34.5 Å². The minimum Gasteiger partial charge on any atom is -0.488 e. The van der Waals surface area contributed by atoms with E-state index in [0.29, 0.717) is 65.4 Å². The number of carbonyl (C=O) groups is 1. The molecule has 2 fully saturated rings. The van der Waals surface area contributed by atoms with Crippen LogP contribution in [0.4, 0.5) is 17.3 Å². The van der Waals surface area contributed by atoms with Gasteiger partial charge in [0.1, 0.15) is 70.8 Å². The molecular weight excluding hydrogens is 989 g/mol. The molecule has 0 saturated heterocycles. The Kier molecular flexibility index (Phi) is 16.9. The second-order valence-electron chi connectivity index (χ2n) is 18.1. The van der Waals surface area contributed by atoms with E-state index in [4.69, 9.17) is 52.3 Å². The minimum absolute atomic E-state index is 0.111. The number of nitrogens with two attached hydrogens (primary N) is 2. The summed E-state index contributed by atoms with van der Waals surface area (Å²) in [5.74, 6) is 5.02. The van der Waals surface area contributed by atoms with Gasteiger partial charge in [-0.25, -0.2) is 14.6 Å². The lowest BCUT2D eigenvalue weighted by Crippen LogP contribution is -2.20. The Morgan fingerprint density at radius 2 is 1.19 bits per heavy atom. The number of anilines is 2. The van der Waals surface area contributed by atoms with Gasteiger partial charge in [-0.3, -0.25) is 19.7 Å². The van der Waals surface area contributed by atoms with Crippen molar-refractivity contribution in [2.75, 3.05) is 32.1 Å². The molecule has 2 aliphatic carbocycles. The average Bonchev–Trinajstić information content (AvgIpc) is 4.29. The van der Waals surface area contributed by atoms with Crippen LogP contribution in [-0.2, 0) is 18.0 Å². The van der Waals surface area contributed by atoms with E-state index in [9.17, 15) is 4.79 Å². The lowest BCUT2D eigenvalue weighted by Gasteiger charge is -2.10. The van der Waals surface area contributed by atoms with Gasteiger partial charge in [0, 0.05) is 36.4 Å². The topological polar surface area (TPSA) is 221 Å². The average molecular weight is 1050 g/mol. The molecule has 11 rings (SSSR count). The molecule has 0 amide bonds. The van der Waals surface area contributed by atoms with Crippen molar-refractivity contribution >= 4 is 57.0 Å². The summed E-state index contributed by atoms with van der Waals surface area (Å²) in [4.78, 5) is 34.0. The molecule has 0 bridgehead atoms. The van der Waals surface area contributed by atoms with Crippen LogP contribution >= 0.6 is 22.7 Å². The van der Waals surface area contributed by atoms with E-state index in [1.165, 1.54) is 32.0 Å². The van der Waals surface area contributed by atoms with Gasteiger partial charge >= 0.3 is 5.97 Å². The van der Waals surface area contributed by atoms with E-state index in [0.717, 1.165) is 80.7 Å². The number of ether oxygens (including phenoxy) is 4. The summed E-state index contributed by atoms with van der Waals surface area (Å²) in [5, 5.41) is 17.7. The molecule has 0 unspecified atom stereocenters. The van der Waals surface area contributed by atoms with Gasteiger partial charge in [-0.15, -0.1) is 22.7 Å². The second kappa shape index (κ2) is 24.6. The number of benzene rings is 4. The quantitative estimate of drug-likeness (QED) is 0.0766. The third kappa shape index (κ3) is 13.2. The number of carboxylic acid groups (broad SMARTS) is 1. The van der Waals surface area contributed by atoms with Crippen LogP contribution in [0.25, 0.3) is 27.3 Å². The van der Waals surface area contributed by atoms with Crippen molar-refractivity contribution in [3.8, 4) is 45.9 Å². The number of rotatable bonds is 16. The predicted octanol–water partition coefficient (Wildman–Crippen LogP) is 12.0. The molecule has 5 heterocycles. The number of aliphatic carboxylic acids is 1. The van der Waals surface area contributed by atoms with Crippen molar-refractivity contribution in [3.63, 3.8) is 0 Å². The zero-order valence-electron chi connectivity index (χ0n) is 41.5. The number of aromatic nitrogens is 8. The van der Waals surface area contributed by atoms with E-state index in [1.807, 2.05) is 108 Å². The first-order valence-corrected chi connectivity index (χ1v) is 26.2. The molecule has 9 aromatic rings. The zero-order chi connectivity index (χ0) is 52.1. The fraction of sp³-hybridized carbons (Fsp3) is 0.273. The molecule has 0 radical (unpaired) electrons. The maximum Gasteiger partial charge on any atom is 0.317 e. The summed E-state index contributed by atoms with van der Waals surface area (Å²) in [6.07, 6.45) is 14.4. The Hall–Kier alpha value is -8.38. The van der Waals surface area contributed by atoms with Gasteiger partial charge < -0.3 is 40.4 Å². The Balaban J connectivity index is 0.000000163. The monoisotopic (exact) mass is 1040 g/mol.